The lowest BCUT2D eigenvalue weighted by molar-refractivity contribution is 0.590. The fraction of sp³-hybridized carbons (Fsp3) is 0.167. The highest BCUT2D eigenvalue weighted by Gasteiger charge is 2.37. The van der Waals surface area contributed by atoms with E-state index in [2.05, 4.69) is 258 Å². The van der Waals surface area contributed by atoms with Crippen molar-refractivity contribution < 1.29 is 0 Å². The van der Waals surface area contributed by atoms with Crippen molar-refractivity contribution in [1.82, 2.24) is 0 Å². The Labute approximate surface area is 368 Å². The normalized spacial score (nSPS) is 14.2. The molecular weight excluding hydrogens is 749 g/mol. The van der Waals surface area contributed by atoms with Crippen molar-refractivity contribution in [3.05, 3.63) is 227 Å². The molecule has 2 heteroatoms. The van der Waals surface area contributed by atoms with E-state index < -0.39 is 0 Å². The summed E-state index contributed by atoms with van der Waals surface area (Å²) in [6, 6.07) is 69.4. The van der Waals surface area contributed by atoms with Gasteiger partial charge in [-0.25, -0.2) is 0 Å². The summed E-state index contributed by atoms with van der Waals surface area (Å²) >= 11 is 0. The summed E-state index contributed by atoms with van der Waals surface area (Å²) in [7, 11) is 0. The predicted molar refractivity (Wildman–Crippen MR) is 265 cm³/mol. The monoisotopic (exact) mass is 802 g/mol. The van der Waals surface area contributed by atoms with Crippen molar-refractivity contribution >= 4 is 46.3 Å². The van der Waals surface area contributed by atoms with E-state index in [9.17, 15) is 0 Å². The van der Waals surface area contributed by atoms with E-state index in [-0.39, 0.29) is 16.2 Å². The first-order chi connectivity index (χ1) is 29.9. The van der Waals surface area contributed by atoms with Gasteiger partial charge in [0.1, 0.15) is 0 Å². The van der Waals surface area contributed by atoms with E-state index in [1.807, 2.05) is 0 Å². The van der Waals surface area contributed by atoms with Crippen molar-refractivity contribution in [2.75, 3.05) is 9.80 Å². The van der Waals surface area contributed by atoms with E-state index >= 15 is 0 Å². The van der Waals surface area contributed by atoms with Crippen LogP contribution in [0.1, 0.15) is 87.4 Å². The smallest absolute Gasteiger partial charge is 0.0465 e. The highest BCUT2D eigenvalue weighted by atomic mass is 15.1. The number of rotatable bonds is 8. The minimum atomic E-state index is -0.0977. The molecule has 62 heavy (non-hydrogen) atoms. The van der Waals surface area contributed by atoms with E-state index in [4.69, 9.17) is 0 Å². The van der Waals surface area contributed by atoms with Gasteiger partial charge in [0.15, 0.2) is 0 Å². The Hall–Kier alpha value is -6.90. The van der Waals surface area contributed by atoms with Crippen molar-refractivity contribution in [2.24, 2.45) is 0 Å². The minimum Gasteiger partial charge on any atom is -0.311 e. The molecule has 0 aromatic heterocycles. The van der Waals surface area contributed by atoms with Crippen molar-refractivity contribution in [1.29, 1.82) is 0 Å². The number of anilines is 6. The quantitative estimate of drug-likeness (QED) is 0.141. The lowest BCUT2D eigenvalue weighted by Gasteiger charge is -2.29. The Kier molecular flexibility index (Phi) is 9.45. The van der Waals surface area contributed by atoms with Gasteiger partial charge in [-0.3, -0.25) is 0 Å². The second kappa shape index (κ2) is 14.9. The summed E-state index contributed by atoms with van der Waals surface area (Å²) in [5, 5.41) is 0. The van der Waals surface area contributed by atoms with Gasteiger partial charge in [-0.15, -0.1) is 0 Å². The van der Waals surface area contributed by atoms with Crippen LogP contribution >= 0.6 is 0 Å². The van der Waals surface area contributed by atoms with Crippen LogP contribution in [0.25, 0.3) is 34.4 Å². The standard InChI is InChI=1S/C60H54N2/c1-58(2,3)43-27-33-47(34-28-43)61(44-15-9-8-10-16-44)45-29-23-41(24-30-45)21-22-42-25-31-46(32-26-42)62(48-35-37-52-50-17-11-13-19-54(50)59(4,5)56(52)39-48)49-36-38-53-51-18-12-14-20-55(51)60(6,7)57(53)40-49/h8-40H,1-7H3/b22-21+. The average molecular weight is 803 g/mol. The largest absolute Gasteiger partial charge is 0.311 e. The molecule has 0 atom stereocenters. The maximum atomic E-state index is 2.44. The third-order valence-electron chi connectivity index (χ3n) is 13.4. The summed E-state index contributed by atoms with van der Waals surface area (Å²) < 4.78 is 0. The van der Waals surface area contributed by atoms with Crippen LogP contribution < -0.4 is 9.80 Å². The average Bonchev–Trinajstić information content (AvgIpc) is 3.66. The fourth-order valence-electron chi connectivity index (χ4n) is 9.91. The van der Waals surface area contributed by atoms with Crippen molar-refractivity contribution in [3.63, 3.8) is 0 Å². The van der Waals surface area contributed by atoms with Crippen LogP contribution in [0.2, 0.25) is 0 Å². The van der Waals surface area contributed by atoms with Crippen LogP contribution in [-0.4, -0.2) is 0 Å². The van der Waals surface area contributed by atoms with Crippen molar-refractivity contribution in [2.45, 2.75) is 64.7 Å². The van der Waals surface area contributed by atoms with Gasteiger partial charge in [0, 0.05) is 45.0 Å². The molecule has 10 rings (SSSR count). The van der Waals surface area contributed by atoms with E-state index in [1.165, 1.54) is 50.1 Å². The SMILES string of the molecule is CC(C)(C)c1ccc(N(c2ccccc2)c2ccc(/C=C/c3ccc(N(c4ccc5c(c4)C(C)(C)c4ccccc4-5)c4ccc5c(c4)C(C)(C)c4ccccc4-5)cc3)cc2)cc1. The van der Waals surface area contributed by atoms with Gasteiger partial charge in [0.2, 0.25) is 0 Å². The second-order valence-electron chi connectivity index (χ2n) is 19.1. The molecule has 0 amide bonds. The second-order valence-corrected chi connectivity index (χ2v) is 19.1. The summed E-state index contributed by atoms with van der Waals surface area (Å²) in [6.45, 7) is 16.2. The van der Waals surface area contributed by atoms with Crippen molar-refractivity contribution in [3.8, 4) is 22.3 Å². The van der Waals surface area contributed by atoms with Gasteiger partial charge < -0.3 is 9.80 Å². The lowest BCUT2D eigenvalue weighted by Crippen LogP contribution is -2.18. The summed E-state index contributed by atoms with van der Waals surface area (Å²) in [6.07, 6.45) is 4.43. The Balaban J connectivity index is 0.971. The highest BCUT2D eigenvalue weighted by Crippen LogP contribution is 2.53. The first-order valence-corrected chi connectivity index (χ1v) is 22.0. The molecule has 0 saturated carbocycles. The number of benzene rings is 8. The molecule has 2 aliphatic carbocycles. The molecule has 0 aliphatic heterocycles. The van der Waals surface area contributed by atoms with Crippen LogP contribution in [0.5, 0.6) is 0 Å². The van der Waals surface area contributed by atoms with Gasteiger partial charge in [-0.05, 0) is 139 Å². The molecule has 0 saturated heterocycles. The molecular formula is C60H54N2. The third kappa shape index (κ3) is 6.75. The number of para-hydroxylation sites is 1. The number of hydrogen-bond donors (Lipinski definition) is 0. The first kappa shape index (κ1) is 39.2. The molecule has 0 radical (unpaired) electrons. The van der Waals surface area contributed by atoms with E-state index in [1.54, 1.807) is 0 Å². The van der Waals surface area contributed by atoms with Gasteiger partial charge >= 0.3 is 0 Å². The summed E-state index contributed by atoms with van der Waals surface area (Å²) in [4.78, 5) is 4.77. The van der Waals surface area contributed by atoms with Gasteiger partial charge in [0.05, 0.1) is 0 Å². The third-order valence-corrected chi connectivity index (χ3v) is 13.4. The topological polar surface area (TPSA) is 6.48 Å². The minimum absolute atomic E-state index is 0.0977. The first-order valence-electron chi connectivity index (χ1n) is 22.0. The van der Waals surface area contributed by atoms with Crippen LogP contribution in [0, 0.1) is 0 Å². The maximum Gasteiger partial charge on any atom is 0.0465 e. The molecule has 0 fully saturated rings. The molecule has 0 unspecified atom stereocenters. The predicted octanol–water partition coefficient (Wildman–Crippen LogP) is 16.7. The zero-order chi connectivity index (χ0) is 42.8. The Morgan fingerprint density at radius 2 is 0.677 bits per heavy atom. The summed E-state index contributed by atoms with van der Waals surface area (Å²) in [5.41, 5.74) is 21.2. The molecule has 0 N–H and O–H groups in total. The van der Waals surface area contributed by atoms with Crippen LogP contribution in [0.4, 0.5) is 34.1 Å². The molecule has 8 aromatic rings. The van der Waals surface area contributed by atoms with Gasteiger partial charge in [0.25, 0.3) is 0 Å². The van der Waals surface area contributed by atoms with E-state index in [0.29, 0.717) is 0 Å². The number of nitrogens with zero attached hydrogens (tertiary/aromatic N) is 2. The number of fused-ring (bicyclic) bond motifs is 6. The Morgan fingerprint density at radius 1 is 0.339 bits per heavy atom. The molecule has 0 spiro atoms. The highest BCUT2D eigenvalue weighted by molar-refractivity contribution is 5.89. The van der Waals surface area contributed by atoms with Gasteiger partial charge in [-0.1, -0.05) is 176 Å². The number of hydrogen-bond acceptors (Lipinski definition) is 2. The maximum absolute atomic E-state index is 2.44. The molecule has 0 bridgehead atoms. The van der Waals surface area contributed by atoms with E-state index in [0.717, 1.165) is 45.3 Å². The molecule has 2 aliphatic rings. The molecule has 0 heterocycles. The zero-order valence-electron chi connectivity index (χ0n) is 36.9. The van der Waals surface area contributed by atoms with Crippen LogP contribution in [0.3, 0.4) is 0 Å². The fourth-order valence-corrected chi connectivity index (χ4v) is 9.91. The lowest BCUT2D eigenvalue weighted by atomic mass is 9.82. The zero-order valence-corrected chi connectivity index (χ0v) is 36.9. The van der Waals surface area contributed by atoms with Gasteiger partial charge in [-0.2, -0.15) is 0 Å². The molecule has 304 valence electrons. The molecule has 8 aromatic carbocycles. The van der Waals surface area contributed by atoms with Crippen LogP contribution in [-0.2, 0) is 16.2 Å². The summed E-state index contributed by atoms with van der Waals surface area (Å²) in [5.74, 6) is 0. The Morgan fingerprint density at radius 3 is 1.11 bits per heavy atom. The van der Waals surface area contributed by atoms with Crippen LogP contribution in [0.15, 0.2) is 188 Å². The molecule has 2 nitrogen and oxygen atoms in total. The Bertz CT molecular complexity index is 2850.